The SMILES string of the molecule is C=CCC1C=C(C(O)(CC=C)CC=C)CC(CC=C)N1.O=[N+]([O-])c1cc([N+](=O)[O-])c(O)c([N+](=O)[O-])c1. The Kier molecular flexibility index (Phi) is 11.3. The van der Waals surface area contributed by atoms with E-state index in [1.54, 1.807) is 12.2 Å². The minimum Gasteiger partial charge on any atom is -0.497 e. The molecule has 1 aromatic carbocycles. The topological polar surface area (TPSA) is 182 Å². The van der Waals surface area contributed by atoms with Crippen molar-refractivity contribution in [2.24, 2.45) is 0 Å². The molecule has 12 nitrogen and oxygen atoms in total. The number of aromatic hydroxyl groups is 1. The molecule has 0 spiro atoms. The van der Waals surface area contributed by atoms with E-state index in [-0.39, 0.29) is 6.04 Å². The molecule has 0 aliphatic carbocycles. The molecule has 1 aromatic rings. The van der Waals surface area contributed by atoms with Crippen LogP contribution in [0.5, 0.6) is 5.75 Å². The summed E-state index contributed by atoms with van der Waals surface area (Å²) in [5, 5.41) is 54.7. The third-order valence-electron chi connectivity index (χ3n) is 5.41. The predicted molar refractivity (Wildman–Crippen MR) is 136 cm³/mol. The second-order valence-electron chi connectivity index (χ2n) is 8.04. The lowest BCUT2D eigenvalue weighted by Crippen LogP contribution is -2.45. The number of rotatable bonds is 12. The van der Waals surface area contributed by atoms with E-state index in [0.717, 1.165) is 24.8 Å². The van der Waals surface area contributed by atoms with Crippen LogP contribution in [0.25, 0.3) is 0 Å². The zero-order valence-electron chi connectivity index (χ0n) is 19.7. The van der Waals surface area contributed by atoms with Crippen LogP contribution in [0.2, 0.25) is 0 Å². The van der Waals surface area contributed by atoms with E-state index in [1.165, 1.54) is 0 Å². The lowest BCUT2D eigenvalue weighted by atomic mass is 9.79. The Balaban J connectivity index is 0.000000369. The van der Waals surface area contributed by atoms with Gasteiger partial charge < -0.3 is 15.5 Å². The summed E-state index contributed by atoms with van der Waals surface area (Å²) in [5.74, 6) is -1.21. The van der Waals surface area contributed by atoms with Gasteiger partial charge in [-0.15, -0.1) is 26.3 Å². The molecule has 0 saturated heterocycles. The summed E-state index contributed by atoms with van der Waals surface area (Å²) in [6.45, 7) is 15.1. The number of non-ortho nitro benzene ring substituents is 1. The molecule has 3 N–H and O–H groups in total. The Morgan fingerprint density at radius 1 is 0.917 bits per heavy atom. The maximum Gasteiger partial charge on any atom is 0.324 e. The molecular weight excluding hydrogens is 472 g/mol. The molecule has 1 aliphatic heterocycles. The summed E-state index contributed by atoms with van der Waals surface area (Å²) in [4.78, 5) is 27.8. The van der Waals surface area contributed by atoms with Crippen LogP contribution in [0.1, 0.15) is 32.1 Å². The Morgan fingerprint density at radius 3 is 1.81 bits per heavy atom. The Hall–Kier alpha value is -4.16. The van der Waals surface area contributed by atoms with Gasteiger partial charge in [0.05, 0.1) is 32.5 Å². The maximum absolute atomic E-state index is 10.9. The monoisotopic (exact) mass is 502 g/mol. The van der Waals surface area contributed by atoms with Gasteiger partial charge in [-0.2, -0.15) is 0 Å². The van der Waals surface area contributed by atoms with Crippen molar-refractivity contribution in [3.63, 3.8) is 0 Å². The number of nitro groups is 3. The highest BCUT2D eigenvalue weighted by Gasteiger charge is 2.34. The zero-order chi connectivity index (χ0) is 27.5. The van der Waals surface area contributed by atoms with Crippen LogP contribution < -0.4 is 5.32 Å². The summed E-state index contributed by atoms with van der Waals surface area (Å²) < 4.78 is 0. The Labute approximate surface area is 208 Å². The molecule has 36 heavy (non-hydrogen) atoms. The normalized spacial score (nSPS) is 17.0. The highest BCUT2D eigenvalue weighted by molar-refractivity contribution is 5.64. The number of phenols is 1. The predicted octanol–water partition coefficient (Wildman–Crippen LogP) is 4.80. The third-order valence-corrected chi connectivity index (χ3v) is 5.41. The second-order valence-corrected chi connectivity index (χ2v) is 8.04. The fourth-order valence-corrected chi connectivity index (χ4v) is 3.80. The van der Waals surface area contributed by atoms with Crippen LogP contribution in [0.15, 0.2) is 74.4 Å². The highest BCUT2D eigenvalue weighted by atomic mass is 16.6. The van der Waals surface area contributed by atoms with E-state index in [2.05, 4.69) is 37.7 Å². The van der Waals surface area contributed by atoms with Gasteiger partial charge in [-0.1, -0.05) is 30.4 Å². The molecule has 194 valence electrons. The van der Waals surface area contributed by atoms with Gasteiger partial charge in [-0.25, -0.2) is 0 Å². The fraction of sp³-hybridized carbons (Fsp3) is 0.333. The molecule has 2 unspecified atom stereocenters. The van der Waals surface area contributed by atoms with Gasteiger partial charge in [0.25, 0.3) is 11.4 Å². The van der Waals surface area contributed by atoms with E-state index in [9.17, 15) is 35.4 Å². The molecule has 0 aromatic heterocycles. The first-order valence-corrected chi connectivity index (χ1v) is 10.9. The molecule has 2 atom stereocenters. The number of hydrogen-bond acceptors (Lipinski definition) is 9. The van der Waals surface area contributed by atoms with Crippen molar-refractivity contribution >= 4 is 17.1 Å². The average molecular weight is 503 g/mol. The van der Waals surface area contributed by atoms with Gasteiger partial charge in [0.2, 0.25) is 0 Å². The molecule has 1 aliphatic rings. The molecule has 0 bridgehead atoms. The first kappa shape index (κ1) is 29.9. The number of aliphatic hydroxyl groups is 1. The average Bonchev–Trinajstić information content (AvgIpc) is 2.79. The number of nitrogens with one attached hydrogen (secondary N) is 1. The van der Waals surface area contributed by atoms with Crippen LogP contribution in [0, 0.1) is 30.3 Å². The minimum absolute atomic E-state index is 0.224. The van der Waals surface area contributed by atoms with Crippen molar-refractivity contribution in [2.75, 3.05) is 0 Å². The highest BCUT2D eigenvalue weighted by Crippen LogP contribution is 2.39. The van der Waals surface area contributed by atoms with Crippen LogP contribution in [-0.4, -0.2) is 42.7 Å². The van der Waals surface area contributed by atoms with Crippen molar-refractivity contribution in [1.29, 1.82) is 0 Å². The Morgan fingerprint density at radius 2 is 1.42 bits per heavy atom. The van der Waals surface area contributed by atoms with E-state index >= 15 is 0 Å². The number of phenolic OH excluding ortho intramolecular Hbond substituents is 1. The largest absolute Gasteiger partial charge is 0.497 e. The summed E-state index contributed by atoms with van der Waals surface area (Å²) in [6, 6.07) is 1.44. The zero-order valence-corrected chi connectivity index (χ0v) is 19.7. The standard InChI is InChI=1S/C18H27NO.C6H3N3O7/c1-5-9-16-13-15(14-17(19-16)10-6-2)18(20,11-7-3)12-8-4;10-6-4(8(13)14)1-3(7(11)12)2-5(6)9(15)16/h5-8,13,16-17,19-20H,1-4,9-12,14H2;1-2,10H. The summed E-state index contributed by atoms with van der Waals surface area (Å²) in [6.07, 6.45) is 13.2. The van der Waals surface area contributed by atoms with Crippen molar-refractivity contribution in [3.8, 4) is 5.75 Å². The molecule has 0 saturated carbocycles. The molecule has 1 heterocycles. The first-order chi connectivity index (χ1) is 16.9. The maximum atomic E-state index is 10.9. The number of benzene rings is 1. The van der Waals surface area contributed by atoms with E-state index in [0.29, 0.717) is 31.0 Å². The smallest absolute Gasteiger partial charge is 0.324 e. The van der Waals surface area contributed by atoms with Crippen molar-refractivity contribution < 1.29 is 25.0 Å². The van der Waals surface area contributed by atoms with E-state index in [4.69, 9.17) is 5.11 Å². The minimum atomic E-state index is -1.21. The Bertz CT molecular complexity index is 1020. The second kappa shape index (κ2) is 13.7. The van der Waals surface area contributed by atoms with Crippen molar-refractivity contribution in [1.82, 2.24) is 5.32 Å². The van der Waals surface area contributed by atoms with Crippen LogP contribution in [0.4, 0.5) is 17.1 Å². The molecule has 0 fully saturated rings. The third kappa shape index (κ3) is 7.96. The van der Waals surface area contributed by atoms with Crippen LogP contribution in [0.3, 0.4) is 0 Å². The molecule has 0 amide bonds. The summed E-state index contributed by atoms with van der Waals surface area (Å²) in [5.41, 5.74) is -2.78. The van der Waals surface area contributed by atoms with Gasteiger partial charge in [-0.05, 0) is 37.7 Å². The quantitative estimate of drug-likeness (QED) is 0.205. The summed E-state index contributed by atoms with van der Waals surface area (Å²) in [7, 11) is 0. The van der Waals surface area contributed by atoms with E-state index in [1.807, 2.05) is 12.2 Å². The molecule has 2 rings (SSSR count). The fourth-order valence-electron chi connectivity index (χ4n) is 3.80. The lowest BCUT2D eigenvalue weighted by molar-refractivity contribution is -0.404. The van der Waals surface area contributed by atoms with Gasteiger partial charge >= 0.3 is 11.4 Å². The van der Waals surface area contributed by atoms with Crippen LogP contribution in [-0.2, 0) is 0 Å². The van der Waals surface area contributed by atoms with Crippen LogP contribution >= 0.6 is 0 Å². The van der Waals surface area contributed by atoms with Gasteiger partial charge in [0.15, 0.2) is 0 Å². The molecular formula is C24H30N4O8. The number of nitro benzene ring substituents is 3. The van der Waals surface area contributed by atoms with Crippen molar-refractivity contribution in [2.45, 2.75) is 49.8 Å². The number of nitrogens with zero attached hydrogens (tertiary/aromatic N) is 3. The lowest BCUT2D eigenvalue weighted by Gasteiger charge is -2.37. The van der Waals surface area contributed by atoms with E-state index < -0.39 is 43.2 Å². The molecule has 12 heteroatoms. The molecule has 0 radical (unpaired) electrons. The summed E-state index contributed by atoms with van der Waals surface area (Å²) >= 11 is 0. The van der Waals surface area contributed by atoms with Gasteiger partial charge in [0.1, 0.15) is 0 Å². The van der Waals surface area contributed by atoms with Crippen molar-refractivity contribution in [3.05, 3.63) is 105 Å². The van der Waals surface area contributed by atoms with Gasteiger partial charge in [0, 0.05) is 12.1 Å². The van der Waals surface area contributed by atoms with Gasteiger partial charge in [-0.3, -0.25) is 30.3 Å². The first-order valence-electron chi connectivity index (χ1n) is 10.9. The number of hydrogen-bond donors (Lipinski definition) is 3.